The molecule has 0 atom stereocenters. The van der Waals surface area contributed by atoms with Gasteiger partial charge < -0.3 is 14.7 Å². The van der Waals surface area contributed by atoms with Gasteiger partial charge in [-0.1, -0.05) is 6.42 Å². The van der Waals surface area contributed by atoms with Gasteiger partial charge in [0.15, 0.2) is 0 Å². The van der Waals surface area contributed by atoms with Crippen LogP contribution >= 0.6 is 0 Å². The molecule has 5 heteroatoms. The third kappa shape index (κ3) is 2.25. The highest BCUT2D eigenvalue weighted by Crippen LogP contribution is 2.55. The Hall–Kier alpha value is -1.10. The Morgan fingerprint density at radius 1 is 1.14 bits per heavy atom. The molecule has 1 N–H and O–H groups in total. The summed E-state index contributed by atoms with van der Waals surface area (Å²) in [5.74, 6) is 0.465. The zero-order valence-corrected chi connectivity index (χ0v) is 13.1. The van der Waals surface area contributed by atoms with E-state index in [0.29, 0.717) is 44.4 Å². The van der Waals surface area contributed by atoms with Gasteiger partial charge in [-0.05, 0) is 50.4 Å². The maximum absolute atomic E-state index is 12.7. The van der Waals surface area contributed by atoms with E-state index in [4.69, 9.17) is 4.74 Å². The number of hydrogen-bond donors (Lipinski definition) is 1. The molecule has 3 saturated carbocycles. The van der Waals surface area contributed by atoms with Crippen molar-refractivity contribution in [1.82, 2.24) is 4.90 Å². The lowest BCUT2D eigenvalue weighted by Gasteiger charge is -2.45. The largest absolute Gasteiger partial charge is 0.481 e. The minimum absolute atomic E-state index is 0.0241. The third-order valence-electron chi connectivity index (χ3n) is 6.31. The molecule has 22 heavy (non-hydrogen) atoms. The monoisotopic (exact) mass is 307 g/mol. The fraction of sp³-hybridized carbons (Fsp3) is 0.882. The number of carboxylic acids is 1. The lowest BCUT2D eigenvalue weighted by Crippen LogP contribution is -2.57. The molecule has 0 spiro atoms. The van der Waals surface area contributed by atoms with Crippen LogP contribution in [0.2, 0.25) is 0 Å². The van der Waals surface area contributed by atoms with E-state index in [9.17, 15) is 14.7 Å². The number of carbonyl (C=O) groups is 2. The van der Waals surface area contributed by atoms with Crippen LogP contribution in [0.25, 0.3) is 0 Å². The van der Waals surface area contributed by atoms with Crippen molar-refractivity contribution in [2.75, 3.05) is 19.7 Å². The molecule has 5 nitrogen and oxygen atoms in total. The molecule has 122 valence electrons. The van der Waals surface area contributed by atoms with Crippen molar-refractivity contribution in [3.63, 3.8) is 0 Å². The van der Waals surface area contributed by atoms with E-state index in [2.05, 4.69) is 0 Å². The van der Waals surface area contributed by atoms with Gasteiger partial charge in [-0.25, -0.2) is 0 Å². The molecule has 3 aliphatic carbocycles. The predicted molar refractivity (Wildman–Crippen MR) is 79.2 cm³/mol. The molecule has 0 aromatic rings. The molecule has 0 aromatic carbocycles. The van der Waals surface area contributed by atoms with E-state index in [0.717, 1.165) is 6.42 Å². The van der Waals surface area contributed by atoms with E-state index in [1.54, 1.807) is 0 Å². The molecule has 1 aliphatic heterocycles. The zero-order valence-electron chi connectivity index (χ0n) is 13.1. The van der Waals surface area contributed by atoms with E-state index < -0.39 is 11.4 Å². The summed E-state index contributed by atoms with van der Waals surface area (Å²) >= 11 is 0. The fourth-order valence-corrected chi connectivity index (χ4v) is 4.42. The Balaban J connectivity index is 1.45. The highest BCUT2D eigenvalue weighted by molar-refractivity contribution is 5.85. The number of carbonyl (C=O) groups excluding carboxylic acids is 1. The molecule has 0 unspecified atom stereocenters. The van der Waals surface area contributed by atoms with Gasteiger partial charge in [-0.15, -0.1) is 0 Å². The first-order valence-electron chi connectivity index (χ1n) is 8.71. The van der Waals surface area contributed by atoms with Crippen LogP contribution in [0.4, 0.5) is 0 Å². The van der Waals surface area contributed by atoms with E-state index >= 15 is 0 Å². The summed E-state index contributed by atoms with van der Waals surface area (Å²) in [4.78, 5) is 26.1. The third-order valence-corrected chi connectivity index (χ3v) is 6.31. The summed E-state index contributed by atoms with van der Waals surface area (Å²) < 4.78 is 6.20. The lowest BCUT2D eigenvalue weighted by molar-refractivity contribution is -0.169. The number of nitrogens with zero attached hydrogens (tertiary/aromatic N) is 1. The molecule has 4 rings (SSSR count). The number of amides is 1. The first-order valence-corrected chi connectivity index (χ1v) is 8.71. The van der Waals surface area contributed by atoms with Gasteiger partial charge in [0.05, 0.1) is 24.2 Å². The average Bonchev–Trinajstić information content (AvgIpc) is 3.33. The number of ether oxygens (including phenoxy) is 1. The lowest BCUT2D eigenvalue weighted by atomic mass is 9.66. The van der Waals surface area contributed by atoms with Crippen LogP contribution in [0.1, 0.15) is 51.4 Å². The second-order valence-corrected chi connectivity index (χ2v) is 7.78. The number of carboxylic acid groups (broad SMARTS) is 1. The summed E-state index contributed by atoms with van der Waals surface area (Å²) in [6.45, 7) is 1.92. The van der Waals surface area contributed by atoms with Crippen molar-refractivity contribution in [3.05, 3.63) is 0 Å². The van der Waals surface area contributed by atoms with Crippen molar-refractivity contribution >= 4 is 11.9 Å². The Bertz CT molecular complexity index is 479. The predicted octanol–water partition coefficient (Wildman–Crippen LogP) is 2.05. The van der Waals surface area contributed by atoms with Crippen LogP contribution < -0.4 is 0 Å². The van der Waals surface area contributed by atoms with E-state index in [-0.39, 0.29) is 17.9 Å². The van der Waals surface area contributed by atoms with E-state index in [1.807, 2.05) is 4.90 Å². The molecule has 0 bridgehead atoms. The Labute approximate surface area is 131 Å². The molecule has 1 heterocycles. The topological polar surface area (TPSA) is 66.8 Å². The normalized spacial score (nSPS) is 29.7. The molecule has 1 saturated heterocycles. The Morgan fingerprint density at radius 2 is 1.77 bits per heavy atom. The highest BCUT2D eigenvalue weighted by atomic mass is 16.5. The van der Waals surface area contributed by atoms with Gasteiger partial charge in [0.25, 0.3) is 0 Å². The standard InChI is InChI=1S/C17H25NO4/c19-14(10-16(15(20)21)6-1-7-16)18-8-9-22-17(11-18,12-2-3-12)13-4-5-13/h12-13H,1-11H2,(H,20,21). The molecule has 4 fully saturated rings. The molecular formula is C17H25NO4. The number of aliphatic carboxylic acids is 1. The number of morpholine rings is 1. The quantitative estimate of drug-likeness (QED) is 0.844. The van der Waals surface area contributed by atoms with Crippen molar-refractivity contribution < 1.29 is 19.4 Å². The summed E-state index contributed by atoms with van der Waals surface area (Å²) in [5, 5.41) is 9.43. The SMILES string of the molecule is O=C(CC1(C(=O)O)CCC1)N1CCOC(C2CC2)(C2CC2)C1. The van der Waals surface area contributed by atoms with Gasteiger partial charge in [0, 0.05) is 13.0 Å². The van der Waals surface area contributed by atoms with Crippen LogP contribution in [0.3, 0.4) is 0 Å². The maximum Gasteiger partial charge on any atom is 0.310 e. The molecule has 0 aromatic heterocycles. The van der Waals surface area contributed by atoms with E-state index in [1.165, 1.54) is 25.7 Å². The molecule has 4 aliphatic rings. The molecule has 1 amide bonds. The Kier molecular flexibility index (Phi) is 3.26. The minimum atomic E-state index is -0.795. The Morgan fingerprint density at radius 3 is 2.23 bits per heavy atom. The summed E-state index contributed by atoms with van der Waals surface area (Å²) in [6.07, 6.45) is 7.28. The van der Waals surface area contributed by atoms with Crippen molar-refractivity contribution in [2.45, 2.75) is 57.0 Å². The number of rotatable bonds is 5. The van der Waals surface area contributed by atoms with Gasteiger partial charge in [0.2, 0.25) is 5.91 Å². The average molecular weight is 307 g/mol. The first-order chi connectivity index (χ1) is 10.6. The van der Waals surface area contributed by atoms with Crippen molar-refractivity contribution in [3.8, 4) is 0 Å². The second kappa shape index (κ2) is 4.95. The maximum atomic E-state index is 12.7. The van der Waals surface area contributed by atoms with Crippen LogP contribution in [0, 0.1) is 17.3 Å². The first kappa shape index (κ1) is 14.5. The second-order valence-electron chi connectivity index (χ2n) is 7.78. The molecule has 0 radical (unpaired) electrons. The van der Waals surface area contributed by atoms with Crippen molar-refractivity contribution in [1.29, 1.82) is 0 Å². The summed E-state index contributed by atoms with van der Waals surface area (Å²) in [5.41, 5.74) is -0.888. The smallest absolute Gasteiger partial charge is 0.310 e. The van der Waals surface area contributed by atoms with Crippen molar-refractivity contribution in [2.24, 2.45) is 17.3 Å². The fourth-order valence-electron chi connectivity index (χ4n) is 4.42. The zero-order chi connectivity index (χ0) is 15.4. The number of hydrogen-bond acceptors (Lipinski definition) is 3. The van der Waals surface area contributed by atoms with Crippen LogP contribution in [-0.4, -0.2) is 47.2 Å². The van der Waals surface area contributed by atoms with Gasteiger partial charge in [-0.3, -0.25) is 9.59 Å². The van der Waals surface area contributed by atoms with Crippen LogP contribution in [0.15, 0.2) is 0 Å². The minimum Gasteiger partial charge on any atom is -0.481 e. The van der Waals surface area contributed by atoms with Crippen LogP contribution in [0.5, 0.6) is 0 Å². The summed E-state index contributed by atoms with van der Waals surface area (Å²) in [6, 6.07) is 0. The van der Waals surface area contributed by atoms with Gasteiger partial charge in [-0.2, -0.15) is 0 Å². The van der Waals surface area contributed by atoms with Gasteiger partial charge >= 0.3 is 5.97 Å². The summed E-state index contributed by atoms with van der Waals surface area (Å²) in [7, 11) is 0. The molecular weight excluding hydrogens is 282 g/mol. The van der Waals surface area contributed by atoms with Crippen LogP contribution in [-0.2, 0) is 14.3 Å². The highest BCUT2D eigenvalue weighted by Gasteiger charge is 2.58. The van der Waals surface area contributed by atoms with Gasteiger partial charge in [0.1, 0.15) is 0 Å².